The van der Waals surface area contributed by atoms with E-state index in [1.807, 2.05) is 0 Å². The maximum atomic E-state index is 4.98. The van der Waals surface area contributed by atoms with Crippen molar-refractivity contribution in [3.8, 4) is 5.75 Å². The molecule has 0 radical (unpaired) electrons. The third-order valence-electron chi connectivity index (χ3n) is 2.14. The molecule has 0 saturated heterocycles. The number of thiophene rings is 1. The van der Waals surface area contributed by atoms with Crippen LogP contribution in [0.15, 0.2) is 29.2 Å². The van der Waals surface area contributed by atoms with E-state index in [4.69, 9.17) is 4.74 Å². The molecule has 2 heterocycles. The molecule has 0 unspecified atom stereocenters. The van der Waals surface area contributed by atoms with Crippen molar-refractivity contribution in [1.82, 2.24) is 9.97 Å². The Bertz CT molecular complexity index is 413. The maximum absolute atomic E-state index is 4.98. The van der Waals surface area contributed by atoms with Gasteiger partial charge < -0.3 is 10.1 Å². The fraction of sp³-hybridized carbons (Fsp3) is 0.273. The zero-order valence-electron chi connectivity index (χ0n) is 9.01. The Labute approximate surface area is 98.3 Å². The lowest BCUT2D eigenvalue weighted by Crippen LogP contribution is -2.07. The summed E-state index contributed by atoms with van der Waals surface area (Å²) in [6.07, 6.45) is 4.29. The third kappa shape index (κ3) is 2.93. The van der Waals surface area contributed by atoms with Gasteiger partial charge in [0.05, 0.1) is 19.5 Å². The summed E-state index contributed by atoms with van der Waals surface area (Å²) in [6.45, 7) is 0.836. The molecule has 1 N–H and O–H groups in total. The summed E-state index contributed by atoms with van der Waals surface area (Å²) in [5.41, 5.74) is 1.34. The summed E-state index contributed by atoms with van der Waals surface area (Å²) < 4.78 is 4.98. The monoisotopic (exact) mass is 235 g/mol. The smallest absolute Gasteiger partial charge is 0.222 e. The molecule has 0 aliphatic rings. The number of ether oxygens (including phenoxy) is 1. The third-order valence-corrected chi connectivity index (χ3v) is 2.87. The van der Waals surface area contributed by atoms with Gasteiger partial charge in [-0.1, -0.05) is 0 Å². The van der Waals surface area contributed by atoms with E-state index in [0.29, 0.717) is 11.7 Å². The number of aromatic nitrogens is 2. The van der Waals surface area contributed by atoms with Gasteiger partial charge in [0.1, 0.15) is 0 Å². The van der Waals surface area contributed by atoms with Crippen LogP contribution in [-0.2, 0) is 6.42 Å². The molecule has 2 aromatic heterocycles. The Kier molecular flexibility index (Phi) is 3.71. The quantitative estimate of drug-likeness (QED) is 0.863. The molecule has 0 aromatic carbocycles. The van der Waals surface area contributed by atoms with Gasteiger partial charge in [0.2, 0.25) is 5.95 Å². The number of nitrogens with zero attached hydrogens (tertiary/aromatic N) is 2. The summed E-state index contributed by atoms with van der Waals surface area (Å²) >= 11 is 1.72. The van der Waals surface area contributed by atoms with E-state index in [-0.39, 0.29) is 0 Å². The fourth-order valence-corrected chi connectivity index (χ4v) is 1.97. The van der Waals surface area contributed by atoms with Gasteiger partial charge in [-0.25, -0.2) is 9.97 Å². The second-order valence-electron chi connectivity index (χ2n) is 3.25. The van der Waals surface area contributed by atoms with Crippen molar-refractivity contribution in [2.45, 2.75) is 6.42 Å². The zero-order chi connectivity index (χ0) is 11.2. The first kappa shape index (κ1) is 10.9. The number of hydrogen-bond acceptors (Lipinski definition) is 5. The molecule has 0 aliphatic heterocycles. The minimum absolute atomic E-state index is 0.635. The van der Waals surface area contributed by atoms with Crippen molar-refractivity contribution >= 4 is 17.3 Å². The summed E-state index contributed by atoms with van der Waals surface area (Å²) in [7, 11) is 1.60. The number of methoxy groups -OCH3 is 1. The standard InChI is InChI=1S/C11H13N3OS/c1-15-10-6-13-11(14-7-10)12-4-2-9-3-5-16-8-9/h3,5-8H,2,4H2,1H3,(H,12,13,14). The lowest BCUT2D eigenvalue weighted by Gasteiger charge is -2.04. The molecular weight excluding hydrogens is 222 g/mol. The minimum Gasteiger partial charge on any atom is -0.494 e. The molecule has 2 aromatic rings. The highest BCUT2D eigenvalue weighted by Crippen LogP contribution is 2.08. The molecule has 0 bridgehead atoms. The van der Waals surface area contributed by atoms with Gasteiger partial charge in [0.25, 0.3) is 0 Å². The van der Waals surface area contributed by atoms with E-state index in [9.17, 15) is 0 Å². The normalized spacial score (nSPS) is 10.1. The molecular formula is C11H13N3OS. The van der Waals surface area contributed by atoms with Crippen LogP contribution >= 0.6 is 11.3 Å². The van der Waals surface area contributed by atoms with E-state index in [2.05, 4.69) is 32.1 Å². The number of anilines is 1. The number of hydrogen-bond donors (Lipinski definition) is 1. The van der Waals surface area contributed by atoms with Gasteiger partial charge in [-0.2, -0.15) is 11.3 Å². The van der Waals surface area contributed by atoms with E-state index in [1.165, 1.54) is 5.56 Å². The Morgan fingerprint density at radius 1 is 1.38 bits per heavy atom. The first-order valence-electron chi connectivity index (χ1n) is 4.99. The molecule has 5 heteroatoms. The fourth-order valence-electron chi connectivity index (χ4n) is 1.27. The Morgan fingerprint density at radius 3 is 2.81 bits per heavy atom. The lowest BCUT2D eigenvalue weighted by atomic mass is 10.2. The summed E-state index contributed by atoms with van der Waals surface area (Å²) in [4.78, 5) is 8.25. The second kappa shape index (κ2) is 5.46. The van der Waals surface area contributed by atoms with Crippen LogP contribution in [0.4, 0.5) is 5.95 Å². The molecule has 4 nitrogen and oxygen atoms in total. The Hall–Kier alpha value is -1.62. The maximum Gasteiger partial charge on any atom is 0.222 e. The summed E-state index contributed by atoms with van der Waals surface area (Å²) in [6, 6.07) is 2.13. The van der Waals surface area contributed by atoms with E-state index < -0.39 is 0 Å². The van der Waals surface area contributed by atoms with Crippen LogP contribution in [0.1, 0.15) is 5.56 Å². The van der Waals surface area contributed by atoms with Crippen molar-refractivity contribution in [3.05, 3.63) is 34.8 Å². The van der Waals surface area contributed by atoms with E-state index in [1.54, 1.807) is 30.8 Å². The highest BCUT2D eigenvalue weighted by molar-refractivity contribution is 7.07. The average molecular weight is 235 g/mol. The second-order valence-corrected chi connectivity index (χ2v) is 4.03. The van der Waals surface area contributed by atoms with Crippen molar-refractivity contribution in [2.75, 3.05) is 19.0 Å². The van der Waals surface area contributed by atoms with Crippen LogP contribution < -0.4 is 10.1 Å². The molecule has 0 fully saturated rings. The Morgan fingerprint density at radius 2 is 2.19 bits per heavy atom. The van der Waals surface area contributed by atoms with Gasteiger partial charge in [-0.05, 0) is 28.8 Å². The Balaban J connectivity index is 1.81. The van der Waals surface area contributed by atoms with Gasteiger partial charge in [-0.3, -0.25) is 0 Å². The molecule has 0 amide bonds. The topological polar surface area (TPSA) is 47.0 Å². The molecule has 0 spiro atoms. The molecule has 0 aliphatic carbocycles. The lowest BCUT2D eigenvalue weighted by molar-refractivity contribution is 0.411. The van der Waals surface area contributed by atoms with Gasteiger partial charge >= 0.3 is 0 Å². The van der Waals surface area contributed by atoms with Crippen LogP contribution in [-0.4, -0.2) is 23.6 Å². The van der Waals surface area contributed by atoms with Crippen LogP contribution in [0.3, 0.4) is 0 Å². The highest BCUT2D eigenvalue weighted by atomic mass is 32.1. The number of rotatable bonds is 5. The molecule has 2 rings (SSSR count). The SMILES string of the molecule is COc1cnc(NCCc2ccsc2)nc1. The van der Waals surface area contributed by atoms with Crippen molar-refractivity contribution in [3.63, 3.8) is 0 Å². The predicted octanol–water partition coefficient (Wildman–Crippen LogP) is 2.20. The van der Waals surface area contributed by atoms with Gasteiger partial charge in [-0.15, -0.1) is 0 Å². The first-order valence-corrected chi connectivity index (χ1v) is 5.94. The highest BCUT2D eigenvalue weighted by Gasteiger charge is 1.97. The van der Waals surface area contributed by atoms with Gasteiger partial charge in [0.15, 0.2) is 5.75 Å². The minimum atomic E-state index is 0.635. The van der Waals surface area contributed by atoms with Crippen LogP contribution in [0.25, 0.3) is 0 Å². The molecule has 0 saturated carbocycles. The zero-order valence-corrected chi connectivity index (χ0v) is 9.83. The summed E-state index contributed by atoms with van der Waals surface area (Å²) in [5.74, 6) is 1.31. The molecule has 0 atom stereocenters. The average Bonchev–Trinajstić information content (AvgIpc) is 2.83. The van der Waals surface area contributed by atoms with E-state index in [0.717, 1.165) is 13.0 Å². The first-order chi connectivity index (χ1) is 7.88. The molecule has 84 valence electrons. The van der Waals surface area contributed by atoms with Crippen molar-refractivity contribution in [2.24, 2.45) is 0 Å². The number of nitrogens with one attached hydrogen (secondary N) is 1. The van der Waals surface area contributed by atoms with E-state index >= 15 is 0 Å². The van der Waals surface area contributed by atoms with Crippen LogP contribution in [0, 0.1) is 0 Å². The molecule has 16 heavy (non-hydrogen) atoms. The largest absolute Gasteiger partial charge is 0.494 e. The van der Waals surface area contributed by atoms with Crippen LogP contribution in [0.5, 0.6) is 5.75 Å². The van der Waals surface area contributed by atoms with Crippen LogP contribution in [0.2, 0.25) is 0 Å². The van der Waals surface area contributed by atoms with Crippen molar-refractivity contribution in [1.29, 1.82) is 0 Å². The predicted molar refractivity (Wildman–Crippen MR) is 65.1 cm³/mol. The van der Waals surface area contributed by atoms with Crippen molar-refractivity contribution < 1.29 is 4.74 Å². The summed E-state index contributed by atoms with van der Waals surface area (Å²) in [5, 5.41) is 7.39. The van der Waals surface area contributed by atoms with Gasteiger partial charge in [0, 0.05) is 6.54 Å².